The van der Waals surface area contributed by atoms with Crippen LogP contribution in [-0.4, -0.2) is 23.3 Å². The summed E-state index contributed by atoms with van der Waals surface area (Å²) in [4.78, 5) is 11.3. The van der Waals surface area contributed by atoms with Crippen molar-refractivity contribution >= 4 is 49.4 Å². The van der Waals surface area contributed by atoms with Crippen molar-refractivity contribution in [1.82, 2.24) is 0 Å². The third-order valence-corrected chi connectivity index (χ3v) is 8.11. The number of phenolic OH excluding ortho intramolecular Hbond substituents is 1. The van der Waals surface area contributed by atoms with E-state index in [-0.39, 0.29) is 23.1 Å². The molecule has 0 spiro atoms. The van der Waals surface area contributed by atoms with Crippen molar-refractivity contribution in [3.63, 3.8) is 0 Å². The van der Waals surface area contributed by atoms with Crippen molar-refractivity contribution in [2.45, 2.75) is 39.0 Å². The molecule has 208 valence electrons. The highest BCUT2D eigenvalue weighted by atomic mass is 79.9. The van der Waals surface area contributed by atoms with Crippen LogP contribution in [0.1, 0.15) is 59.1 Å². The lowest BCUT2D eigenvalue weighted by Crippen LogP contribution is -2.09. The van der Waals surface area contributed by atoms with Crippen molar-refractivity contribution in [1.29, 1.82) is 0 Å². The lowest BCUT2D eigenvalue weighted by atomic mass is 9.82. The minimum absolute atomic E-state index is 0.00564. The van der Waals surface area contributed by atoms with Gasteiger partial charge in [0.15, 0.2) is 5.75 Å². The first kappa shape index (κ1) is 30.0. The number of hydrogen-bond donors (Lipinski definition) is 2. The van der Waals surface area contributed by atoms with Gasteiger partial charge in [0.25, 0.3) is 0 Å². The van der Waals surface area contributed by atoms with Crippen molar-refractivity contribution in [2.24, 2.45) is 0 Å². The quantitative estimate of drug-likeness (QED) is 0.171. The Labute approximate surface area is 256 Å². The van der Waals surface area contributed by atoms with Gasteiger partial charge in [0.1, 0.15) is 17.2 Å². The number of halogens is 3. The molecule has 0 radical (unpaired) electrons. The largest absolute Gasteiger partial charge is 0.506 e. The maximum absolute atomic E-state index is 11.3. The van der Waals surface area contributed by atoms with Crippen molar-refractivity contribution in [3.05, 3.63) is 114 Å². The number of benzene rings is 4. The topological polar surface area (TPSA) is 76.0 Å². The summed E-state index contributed by atoms with van der Waals surface area (Å²) in [6.45, 7) is 6.18. The van der Waals surface area contributed by atoms with Crippen LogP contribution in [0.3, 0.4) is 0 Å². The van der Waals surface area contributed by atoms with E-state index in [4.69, 9.17) is 21.1 Å². The maximum atomic E-state index is 11.3. The highest BCUT2D eigenvalue weighted by Gasteiger charge is 2.28. The predicted octanol–water partition coefficient (Wildman–Crippen LogP) is 9.61. The SMILES string of the molecule is COc1cc(C(c2cccc(C)c2)c2cccc(Cl)c2O)c(Oc2c(Br)cc(CC(=O)O)cc2Br)cc1C(C)C. The molecular formula is C32H29Br2ClO5. The number of hydrogen-bond acceptors (Lipinski definition) is 4. The summed E-state index contributed by atoms with van der Waals surface area (Å²) in [7, 11) is 1.64. The molecule has 0 saturated carbocycles. The first-order valence-corrected chi connectivity index (χ1v) is 14.6. The molecule has 0 heterocycles. The molecule has 0 aliphatic heterocycles. The molecule has 0 saturated heterocycles. The average Bonchev–Trinajstić information content (AvgIpc) is 2.88. The Morgan fingerprint density at radius 3 is 2.17 bits per heavy atom. The Kier molecular flexibility index (Phi) is 9.49. The fraction of sp³-hybridized carbons (Fsp3) is 0.219. The second kappa shape index (κ2) is 12.7. The summed E-state index contributed by atoms with van der Waals surface area (Å²) in [5.74, 6) is 0.506. The molecule has 4 rings (SSSR count). The van der Waals surface area contributed by atoms with E-state index in [0.717, 1.165) is 22.3 Å². The molecule has 0 amide bonds. The first-order valence-electron chi connectivity index (χ1n) is 12.6. The second-order valence-corrected chi connectivity index (χ2v) is 12.0. The van der Waals surface area contributed by atoms with E-state index in [1.54, 1.807) is 25.3 Å². The summed E-state index contributed by atoms with van der Waals surface area (Å²) in [5.41, 5.74) is 4.97. The fourth-order valence-corrected chi connectivity index (χ4v) is 6.40. The number of aliphatic carboxylic acids is 1. The van der Waals surface area contributed by atoms with Crippen LogP contribution in [0.25, 0.3) is 0 Å². The molecule has 4 aromatic rings. The summed E-state index contributed by atoms with van der Waals surface area (Å²) in [6.07, 6.45) is -0.119. The molecule has 1 atom stereocenters. The number of ether oxygens (including phenoxy) is 2. The third-order valence-electron chi connectivity index (χ3n) is 6.63. The zero-order chi connectivity index (χ0) is 29.1. The molecule has 2 N–H and O–H groups in total. The molecule has 0 fully saturated rings. The number of carbonyl (C=O) groups is 1. The molecule has 8 heteroatoms. The van der Waals surface area contributed by atoms with Gasteiger partial charge in [-0.1, -0.05) is 67.4 Å². The Bertz CT molecular complexity index is 1540. The zero-order valence-electron chi connectivity index (χ0n) is 22.5. The molecule has 5 nitrogen and oxygen atoms in total. The Balaban J connectivity index is 2.00. The summed E-state index contributed by atoms with van der Waals surface area (Å²) >= 11 is 13.5. The second-order valence-electron chi connectivity index (χ2n) is 9.87. The Hall–Kier alpha value is -3.00. The fourth-order valence-electron chi connectivity index (χ4n) is 4.77. The van der Waals surface area contributed by atoms with Gasteiger partial charge in [0.2, 0.25) is 0 Å². The number of para-hydroxylation sites is 1. The monoisotopic (exact) mass is 686 g/mol. The normalized spacial score (nSPS) is 11.9. The van der Waals surface area contributed by atoms with Crippen LogP contribution in [-0.2, 0) is 11.2 Å². The van der Waals surface area contributed by atoms with Gasteiger partial charge in [-0.05, 0) is 86.2 Å². The van der Waals surface area contributed by atoms with Crippen molar-refractivity contribution < 1.29 is 24.5 Å². The molecule has 0 aromatic heterocycles. The predicted molar refractivity (Wildman–Crippen MR) is 166 cm³/mol. The van der Waals surface area contributed by atoms with Crippen LogP contribution in [0.15, 0.2) is 75.7 Å². The number of carboxylic acid groups (broad SMARTS) is 1. The number of rotatable bonds is 9. The number of carboxylic acids is 1. The van der Waals surface area contributed by atoms with Crippen LogP contribution >= 0.6 is 43.5 Å². The van der Waals surface area contributed by atoms with E-state index in [1.165, 1.54) is 0 Å². The van der Waals surface area contributed by atoms with Crippen LogP contribution in [0.2, 0.25) is 5.02 Å². The first-order chi connectivity index (χ1) is 19.0. The lowest BCUT2D eigenvalue weighted by Gasteiger charge is -2.26. The zero-order valence-corrected chi connectivity index (χ0v) is 26.4. The standard InChI is InChI=1S/C32H29Br2ClO5/c1-17(2)22-15-28(40-32-24(33)12-19(13-25(32)34)14-29(36)37)23(16-27(22)39-4)30(20-8-5-7-18(3)11-20)21-9-6-10-26(35)31(21)38/h5-13,15-17,30,38H,14H2,1-4H3,(H,36,37). The lowest BCUT2D eigenvalue weighted by molar-refractivity contribution is -0.136. The molecule has 1 unspecified atom stereocenters. The maximum Gasteiger partial charge on any atom is 0.307 e. The average molecular weight is 689 g/mol. The summed E-state index contributed by atoms with van der Waals surface area (Å²) in [6, 6.07) is 20.8. The number of aryl methyl sites for hydroxylation is 1. The molecule has 0 aliphatic carbocycles. The van der Waals surface area contributed by atoms with Gasteiger partial charge in [0, 0.05) is 22.6 Å². The smallest absolute Gasteiger partial charge is 0.307 e. The van der Waals surface area contributed by atoms with E-state index in [1.807, 2.05) is 49.4 Å². The van der Waals surface area contributed by atoms with Gasteiger partial charge in [-0.3, -0.25) is 4.79 Å². The van der Waals surface area contributed by atoms with Gasteiger partial charge >= 0.3 is 5.97 Å². The number of methoxy groups -OCH3 is 1. The number of aromatic hydroxyl groups is 1. The molecule has 40 heavy (non-hydrogen) atoms. The molecular weight excluding hydrogens is 660 g/mol. The van der Waals surface area contributed by atoms with Gasteiger partial charge in [0.05, 0.1) is 27.5 Å². The van der Waals surface area contributed by atoms with Gasteiger partial charge < -0.3 is 19.7 Å². The minimum atomic E-state index is -0.922. The van der Waals surface area contributed by atoms with E-state index in [9.17, 15) is 15.0 Å². The Morgan fingerprint density at radius 1 is 0.925 bits per heavy atom. The van der Waals surface area contributed by atoms with Gasteiger partial charge in [-0.15, -0.1) is 0 Å². The molecule has 4 aromatic carbocycles. The van der Waals surface area contributed by atoms with Crippen LogP contribution < -0.4 is 9.47 Å². The van der Waals surface area contributed by atoms with Gasteiger partial charge in [-0.25, -0.2) is 0 Å². The summed E-state index contributed by atoms with van der Waals surface area (Å²) in [5, 5.41) is 20.6. The van der Waals surface area contributed by atoms with Crippen molar-refractivity contribution in [3.8, 4) is 23.0 Å². The summed E-state index contributed by atoms with van der Waals surface area (Å²) < 4.78 is 13.7. The van der Waals surface area contributed by atoms with E-state index < -0.39 is 11.9 Å². The highest BCUT2D eigenvalue weighted by molar-refractivity contribution is 9.11. The van der Waals surface area contributed by atoms with Crippen molar-refractivity contribution in [2.75, 3.05) is 7.11 Å². The Morgan fingerprint density at radius 2 is 1.57 bits per heavy atom. The van der Waals surface area contributed by atoms with E-state index in [2.05, 4.69) is 51.8 Å². The molecule has 0 bridgehead atoms. The van der Waals surface area contributed by atoms with E-state index >= 15 is 0 Å². The van der Waals surface area contributed by atoms with Crippen LogP contribution in [0.4, 0.5) is 0 Å². The van der Waals surface area contributed by atoms with Crippen LogP contribution in [0.5, 0.6) is 23.0 Å². The molecule has 0 aliphatic rings. The minimum Gasteiger partial charge on any atom is -0.506 e. The highest BCUT2D eigenvalue weighted by Crippen LogP contribution is 2.48. The van der Waals surface area contributed by atoms with E-state index in [0.29, 0.717) is 37.3 Å². The number of phenols is 1. The van der Waals surface area contributed by atoms with Crippen LogP contribution in [0, 0.1) is 6.92 Å². The van der Waals surface area contributed by atoms with Gasteiger partial charge in [-0.2, -0.15) is 0 Å². The third kappa shape index (κ3) is 6.48.